The normalized spacial score (nSPS) is 29.9. The molecular formula is F7N5P5+3. The van der Waals surface area contributed by atoms with Crippen LogP contribution in [0.25, 0.3) is 0 Å². The highest BCUT2D eigenvalue weighted by molar-refractivity contribution is 7.72. The zero-order chi connectivity index (χ0) is 13.3. The maximum Gasteiger partial charge on any atom is 0.677 e. The first-order valence-electron chi connectivity index (χ1n) is 3.18. The van der Waals surface area contributed by atoms with E-state index in [1.54, 1.807) is 4.52 Å². The maximum absolute atomic E-state index is 12.7. The number of hydrogen-bond donors (Lipinski definition) is 0. The Bertz CT molecular complexity index is 509. The lowest BCUT2D eigenvalue weighted by molar-refractivity contribution is 0.703. The molecule has 3 unspecified atom stereocenters. The highest BCUT2D eigenvalue weighted by Crippen LogP contribution is 2.73. The Morgan fingerprint density at radius 2 is 1.24 bits per heavy atom. The third-order valence-electron chi connectivity index (χ3n) is 0.873. The molecule has 17 heteroatoms. The average Bonchev–Trinajstić information content (AvgIpc) is 1.93. The summed E-state index contributed by atoms with van der Waals surface area (Å²) in [7, 11) is -23.1. The predicted octanol–water partition coefficient (Wildman–Crippen LogP) is 8.17. The molecule has 0 aromatic rings. The van der Waals surface area contributed by atoms with Crippen LogP contribution in [0, 0.1) is 0 Å². The van der Waals surface area contributed by atoms with Crippen LogP contribution in [0.15, 0.2) is 22.6 Å². The van der Waals surface area contributed by atoms with Crippen LogP contribution in [0.3, 0.4) is 0 Å². The number of nitrogens with zero attached hydrogens (tertiary/aromatic N) is 5. The van der Waals surface area contributed by atoms with Gasteiger partial charge in [0, 0.05) is 0 Å². The molecule has 0 fully saturated rings. The molecule has 0 amide bonds. The minimum absolute atomic E-state index is 1.67. The maximum atomic E-state index is 12.7. The molecule has 0 saturated heterocycles. The molecule has 0 spiro atoms. The zero-order valence-corrected chi connectivity index (χ0v) is 11.6. The van der Waals surface area contributed by atoms with Crippen molar-refractivity contribution in [3.05, 3.63) is 0 Å². The molecule has 0 aliphatic carbocycles. The summed E-state index contributed by atoms with van der Waals surface area (Å²) in [6, 6.07) is 0. The van der Waals surface area contributed by atoms with Crippen LogP contribution in [0.4, 0.5) is 29.4 Å². The molecule has 1 heterocycles. The van der Waals surface area contributed by atoms with Crippen molar-refractivity contribution in [2.45, 2.75) is 0 Å². The van der Waals surface area contributed by atoms with Crippen LogP contribution >= 0.6 is 40.2 Å². The van der Waals surface area contributed by atoms with E-state index < -0.39 is 40.2 Å². The van der Waals surface area contributed by atoms with E-state index in [1.807, 2.05) is 9.03 Å². The van der Waals surface area contributed by atoms with E-state index in [1.165, 1.54) is 0 Å². The van der Waals surface area contributed by atoms with Gasteiger partial charge in [0.25, 0.3) is 0 Å². The lowest BCUT2D eigenvalue weighted by atomic mass is 13.8. The molecule has 0 bridgehead atoms. The van der Waals surface area contributed by atoms with E-state index in [2.05, 4.69) is 9.03 Å². The van der Waals surface area contributed by atoms with Gasteiger partial charge in [-0.05, 0) is 0 Å². The fraction of sp³-hybridized carbons (Fsp3) is 0. The summed E-state index contributed by atoms with van der Waals surface area (Å²) < 4.78 is 98.9. The minimum Gasteiger partial charge on any atom is -0.147 e. The second kappa shape index (κ2) is 5.50. The lowest BCUT2D eigenvalue weighted by Gasteiger charge is -1.93. The van der Waals surface area contributed by atoms with Gasteiger partial charge < -0.3 is 0 Å². The largest absolute Gasteiger partial charge is 0.677 e. The SMILES string of the molecule is F[P+]1=N[P+](F)=NP(F)(F)=NP(F)(F)=N[P+](F)=N1. The first-order valence-corrected chi connectivity index (χ1v) is 9.55. The molecule has 1 aliphatic rings. The molecule has 0 saturated carbocycles. The summed E-state index contributed by atoms with van der Waals surface area (Å²) in [4.78, 5) is 0. The standard InChI is InChI=1S/F7N5P5/c1-13-8-14(2)10-16(4,5)12-17(6,7)11-15(3)9-13/q+3. The van der Waals surface area contributed by atoms with Crippen LogP contribution in [-0.2, 0) is 0 Å². The van der Waals surface area contributed by atoms with E-state index >= 15 is 0 Å². The number of hydrogen-bond acceptors (Lipinski definition) is 5. The summed E-state index contributed by atoms with van der Waals surface area (Å²) in [5.74, 6) is 0. The van der Waals surface area contributed by atoms with Gasteiger partial charge in [-0.3, -0.25) is 0 Å². The number of rotatable bonds is 0. The van der Waals surface area contributed by atoms with Gasteiger partial charge in [-0.25, -0.2) is 0 Å². The van der Waals surface area contributed by atoms with Gasteiger partial charge in [0.1, 0.15) is 0 Å². The van der Waals surface area contributed by atoms with Gasteiger partial charge in [0.05, 0.1) is 21.6 Å². The molecule has 0 aromatic heterocycles. The second-order valence-corrected chi connectivity index (χ2v) is 8.92. The Labute approximate surface area is 92.9 Å². The molecule has 0 radical (unpaired) electrons. The van der Waals surface area contributed by atoms with Crippen molar-refractivity contribution in [1.82, 2.24) is 0 Å². The van der Waals surface area contributed by atoms with Crippen LogP contribution < -0.4 is 0 Å². The van der Waals surface area contributed by atoms with Gasteiger partial charge in [-0.1, -0.05) is 0 Å². The topological polar surface area (TPSA) is 61.8 Å². The second-order valence-electron chi connectivity index (χ2n) is 2.08. The Morgan fingerprint density at radius 1 is 0.706 bits per heavy atom. The molecule has 0 aromatic carbocycles. The highest BCUT2D eigenvalue weighted by atomic mass is 31.3. The van der Waals surface area contributed by atoms with Crippen LogP contribution in [0.2, 0.25) is 0 Å². The fourth-order valence-corrected chi connectivity index (χ4v) is 6.27. The van der Waals surface area contributed by atoms with E-state index in [4.69, 9.17) is 0 Å². The van der Waals surface area contributed by atoms with Crippen molar-refractivity contribution in [1.29, 1.82) is 0 Å². The molecule has 5 nitrogen and oxygen atoms in total. The first kappa shape index (κ1) is 15.3. The monoisotopic (exact) mass is 358 g/mol. The average molecular weight is 358 g/mol. The summed E-state index contributed by atoms with van der Waals surface area (Å²) in [6.07, 6.45) is 0. The van der Waals surface area contributed by atoms with Crippen molar-refractivity contribution >= 4 is 40.2 Å². The third-order valence-corrected chi connectivity index (χ3v) is 7.86. The molecular weight excluding hydrogens is 358 g/mol. The van der Waals surface area contributed by atoms with Crippen molar-refractivity contribution < 1.29 is 29.4 Å². The molecule has 0 N–H and O–H groups in total. The van der Waals surface area contributed by atoms with Crippen molar-refractivity contribution in [3.63, 3.8) is 0 Å². The van der Waals surface area contributed by atoms with Gasteiger partial charge in [-0.15, -0.1) is 21.3 Å². The highest BCUT2D eigenvalue weighted by Gasteiger charge is 2.42. The van der Waals surface area contributed by atoms with Crippen molar-refractivity contribution in [2.75, 3.05) is 0 Å². The first-order chi connectivity index (χ1) is 7.60. The van der Waals surface area contributed by atoms with Gasteiger partial charge in [0.15, 0.2) is 0 Å². The lowest BCUT2D eigenvalue weighted by Crippen LogP contribution is -1.58. The van der Waals surface area contributed by atoms with Gasteiger partial charge >= 0.3 is 40.2 Å². The zero-order valence-electron chi connectivity index (χ0n) is 7.12. The Balaban J connectivity index is 3.56. The quantitative estimate of drug-likeness (QED) is 0.310. The fourth-order valence-electron chi connectivity index (χ4n) is 0.518. The minimum atomic E-state index is -6.02. The van der Waals surface area contributed by atoms with Crippen molar-refractivity contribution in [2.24, 2.45) is 22.6 Å². The Kier molecular flexibility index (Phi) is 4.96. The molecule has 1 aliphatic heterocycles. The van der Waals surface area contributed by atoms with Gasteiger partial charge in [0.2, 0.25) is 9.03 Å². The molecule has 17 heavy (non-hydrogen) atoms. The summed E-state index contributed by atoms with van der Waals surface area (Å²) in [5.41, 5.74) is 0. The van der Waals surface area contributed by atoms with Crippen LogP contribution in [-0.4, -0.2) is 0 Å². The van der Waals surface area contributed by atoms with E-state index in [0.717, 1.165) is 0 Å². The Hall–Kier alpha value is 0.270. The van der Waals surface area contributed by atoms with E-state index in [-0.39, 0.29) is 0 Å². The number of halogens is 7. The third kappa shape index (κ3) is 5.62. The molecule has 3 atom stereocenters. The smallest absolute Gasteiger partial charge is 0.147 e. The van der Waals surface area contributed by atoms with Gasteiger partial charge in [-0.2, -0.15) is 0 Å². The van der Waals surface area contributed by atoms with E-state index in [9.17, 15) is 29.4 Å². The summed E-state index contributed by atoms with van der Waals surface area (Å²) in [5, 5.41) is 0. The predicted molar refractivity (Wildman–Crippen MR) is 54.5 cm³/mol. The van der Waals surface area contributed by atoms with Crippen LogP contribution in [0.1, 0.15) is 0 Å². The van der Waals surface area contributed by atoms with Crippen LogP contribution in [0.5, 0.6) is 0 Å². The summed E-state index contributed by atoms with van der Waals surface area (Å²) >= 11 is 0. The van der Waals surface area contributed by atoms with E-state index in [0.29, 0.717) is 0 Å². The Morgan fingerprint density at radius 3 is 1.82 bits per heavy atom. The molecule has 1 rings (SSSR count). The summed E-state index contributed by atoms with van der Waals surface area (Å²) in [6.45, 7) is 0. The van der Waals surface area contributed by atoms with Crippen molar-refractivity contribution in [3.8, 4) is 0 Å². The molecule has 96 valence electrons.